The predicted octanol–water partition coefficient (Wildman–Crippen LogP) is 4.38. The number of methoxy groups -OCH3 is 2. The van der Waals surface area contributed by atoms with Crippen molar-refractivity contribution in [2.24, 2.45) is 16.9 Å². The molecular weight excluding hydrogens is 412 g/mol. The summed E-state index contributed by atoms with van der Waals surface area (Å²) in [5.74, 6) is 0.697. The Hall–Kier alpha value is -0.513. The zero-order valence-electron chi connectivity index (χ0n) is 21.5. The maximum Gasteiger partial charge on any atom is 0.192 e. The summed E-state index contributed by atoms with van der Waals surface area (Å²) in [6.45, 7) is 13.8. The molecule has 0 radical (unpaired) electrons. The average Bonchev–Trinajstić information content (AvgIpc) is 3.07. The molecule has 0 unspecified atom stereocenters. The third-order valence-electron chi connectivity index (χ3n) is 6.49. The zero-order valence-corrected chi connectivity index (χ0v) is 22.5. The molecule has 0 aromatic heterocycles. The molecule has 0 bridgehead atoms. The average molecular weight is 461 g/mol. The summed E-state index contributed by atoms with van der Waals surface area (Å²) in [5, 5.41) is 6.60. The maximum atomic E-state index is 6.98. The fourth-order valence-corrected chi connectivity index (χ4v) is 5.10. The number of nitrogens with zero attached hydrogens (tertiary/aromatic N) is 2. The Morgan fingerprint density at radius 3 is 2.32 bits per heavy atom. The van der Waals surface area contributed by atoms with E-state index in [9.17, 15) is 0 Å². The second kappa shape index (κ2) is 13.9. The molecule has 0 spiro atoms. The van der Waals surface area contributed by atoms with E-state index in [0.29, 0.717) is 31.8 Å². The van der Waals surface area contributed by atoms with E-state index in [1.807, 2.05) is 19.1 Å². The highest BCUT2D eigenvalue weighted by molar-refractivity contribution is 6.74. The maximum absolute atomic E-state index is 6.98. The van der Waals surface area contributed by atoms with Crippen molar-refractivity contribution < 1.29 is 23.4 Å². The molecule has 0 N–H and O–H groups in total. The molecule has 7 nitrogen and oxygen atoms in total. The van der Waals surface area contributed by atoms with E-state index in [-0.39, 0.29) is 17.2 Å². The van der Waals surface area contributed by atoms with Crippen molar-refractivity contribution in [2.75, 3.05) is 54.9 Å². The Morgan fingerprint density at radius 2 is 1.74 bits per heavy atom. The van der Waals surface area contributed by atoms with E-state index in [2.05, 4.69) is 45.2 Å². The second-order valence-electron chi connectivity index (χ2n) is 10.3. The van der Waals surface area contributed by atoms with Crippen LogP contribution in [-0.2, 0) is 23.4 Å². The molecule has 1 aliphatic rings. The van der Waals surface area contributed by atoms with Gasteiger partial charge < -0.3 is 28.4 Å². The number of rotatable bonds is 15. The first kappa shape index (κ1) is 28.5. The Labute approximate surface area is 191 Å². The van der Waals surface area contributed by atoms with Gasteiger partial charge in [-0.3, -0.25) is 0 Å². The monoisotopic (exact) mass is 460 g/mol. The lowest BCUT2D eigenvalue weighted by Gasteiger charge is -2.41. The molecule has 0 saturated heterocycles. The van der Waals surface area contributed by atoms with E-state index in [0.717, 1.165) is 32.3 Å². The Balaban J connectivity index is 2.94. The van der Waals surface area contributed by atoms with E-state index >= 15 is 0 Å². The van der Waals surface area contributed by atoms with Crippen molar-refractivity contribution in [2.45, 2.75) is 76.8 Å². The van der Waals surface area contributed by atoms with Crippen LogP contribution in [0.3, 0.4) is 0 Å². The SMILES string of the molecule is COCCC[C@@H](O[Si](C)(C)C(C)(C)C)[C@@H]1C[C@@H](OCOCCOC)C[C@@H]1/C=N/N(C)C. The third-order valence-corrected chi connectivity index (χ3v) is 11.0. The zero-order chi connectivity index (χ0) is 23.5. The van der Waals surface area contributed by atoms with Gasteiger partial charge in [-0.15, -0.1) is 0 Å². The van der Waals surface area contributed by atoms with Crippen LogP contribution < -0.4 is 0 Å². The van der Waals surface area contributed by atoms with Gasteiger partial charge in [-0.05, 0) is 49.7 Å². The normalized spacial score (nSPS) is 23.6. The first-order valence-electron chi connectivity index (χ1n) is 11.6. The van der Waals surface area contributed by atoms with Gasteiger partial charge in [0.15, 0.2) is 8.32 Å². The van der Waals surface area contributed by atoms with Gasteiger partial charge in [0.2, 0.25) is 0 Å². The van der Waals surface area contributed by atoms with Crippen molar-refractivity contribution in [3.05, 3.63) is 0 Å². The molecule has 0 heterocycles. The smallest absolute Gasteiger partial charge is 0.192 e. The highest BCUT2D eigenvalue weighted by Crippen LogP contribution is 2.43. The van der Waals surface area contributed by atoms with Gasteiger partial charge in [0, 0.05) is 53.2 Å². The molecule has 4 atom stereocenters. The minimum atomic E-state index is -1.91. The van der Waals surface area contributed by atoms with Crippen LogP contribution in [0.25, 0.3) is 0 Å². The molecule has 0 amide bonds. The molecule has 1 fully saturated rings. The lowest BCUT2D eigenvalue weighted by atomic mass is 9.89. The van der Waals surface area contributed by atoms with Gasteiger partial charge in [0.1, 0.15) is 6.79 Å². The summed E-state index contributed by atoms with van der Waals surface area (Å²) in [6.07, 6.45) is 6.32. The molecule has 1 rings (SSSR count). The third kappa shape index (κ3) is 10.3. The van der Waals surface area contributed by atoms with E-state index in [4.69, 9.17) is 23.4 Å². The minimum absolute atomic E-state index is 0.152. The molecular formula is C23H48N2O5Si. The molecule has 184 valence electrons. The van der Waals surface area contributed by atoms with Gasteiger partial charge in [-0.1, -0.05) is 20.8 Å². The first-order valence-corrected chi connectivity index (χ1v) is 14.5. The highest BCUT2D eigenvalue weighted by atomic mass is 28.4. The van der Waals surface area contributed by atoms with Gasteiger partial charge in [0.25, 0.3) is 0 Å². The van der Waals surface area contributed by atoms with Crippen molar-refractivity contribution >= 4 is 14.5 Å². The summed E-state index contributed by atoms with van der Waals surface area (Å²) in [6, 6.07) is 0. The Bertz CT molecular complexity index is 511. The fourth-order valence-electron chi connectivity index (χ4n) is 3.70. The van der Waals surface area contributed by atoms with Crippen LogP contribution >= 0.6 is 0 Å². The molecule has 0 aromatic carbocycles. The lowest BCUT2D eigenvalue weighted by Crippen LogP contribution is -2.46. The van der Waals surface area contributed by atoms with Crippen LogP contribution in [-0.4, -0.2) is 86.7 Å². The van der Waals surface area contributed by atoms with Crippen molar-refractivity contribution in [1.82, 2.24) is 5.01 Å². The van der Waals surface area contributed by atoms with Crippen LogP contribution in [0.15, 0.2) is 5.10 Å². The molecule has 0 aromatic rings. The minimum Gasteiger partial charge on any atom is -0.414 e. The fraction of sp³-hybridized carbons (Fsp3) is 0.957. The standard InChI is InChI=1S/C23H48N2O5Si/c1-23(2,3)31(8,9)30-22(11-10-12-26-6)21-16-20(29-18-28-14-13-27-7)15-19(21)17-24-25(4)5/h17,19-22H,10-16,18H2,1-9H3/b24-17+/t19-,20+,21-,22-/m1/s1. The Morgan fingerprint density at radius 1 is 1.06 bits per heavy atom. The van der Waals surface area contributed by atoms with Crippen LogP contribution in [0.5, 0.6) is 0 Å². The van der Waals surface area contributed by atoms with E-state index in [1.54, 1.807) is 14.2 Å². The van der Waals surface area contributed by atoms with Crippen LogP contribution in [0.4, 0.5) is 0 Å². The topological polar surface area (TPSA) is 61.8 Å². The highest BCUT2D eigenvalue weighted by Gasteiger charge is 2.44. The number of ether oxygens (including phenoxy) is 4. The molecule has 1 saturated carbocycles. The van der Waals surface area contributed by atoms with Crippen LogP contribution in [0.2, 0.25) is 18.1 Å². The first-order chi connectivity index (χ1) is 14.5. The summed E-state index contributed by atoms with van der Waals surface area (Å²) >= 11 is 0. The molecule has 1 aliphatic carbocycles. The van der Waals surface area contributed by atoms with Crippen molar-refractivity contribution in [3.8, 4) is 0 Å². The molecule has 31 heavy (non-hydrogen) atoms. The van der Waals surface area contributed by atoms with E-state index in [1.165, 1.54) is 0 Å². The summed E-state index contributed by atoms with van der Waals surface area (Å²) in [4.78, 5) is 0. The number of hydrogen-bond donors (Lipinski definition) is 0. The quantitative estimate of drug-likeness (QED) is 0.119. The number of hydrazone groups is 1. The number of hydrogen-bond acceptors (Lipinski definition) is 7. The van der Waals surface area contributed by atoms with Crippen molar-refractivity contribution in [3.63, 3.8) is 0 Å². The van der Waals surface area contributed by atoms with Gasteiger partial charge in [-0.2, -0.15) is 5.10 Å². The molecule has 8 heteroatoms. The van der Waals surface area contributed by atoms with Gasteiger partial charge in [-0.25, -0.2) is 0 Å². The van der Waals surface area contributed by atoms with E-state index < -0.39 is 8.32 Å². The van der Waals surface area contributed by atoms with Gasteiger partial charge in [0.05, 0.1) is 19.3 Å². The molecule has 0 aliphatic heterocycles. The van der Waals surface area contributed by atoms with Gasteiger partial charge >= 0.3 is 0 Å². The largest absolute Gasteiger partial charge is 0.414 e. The summed E-state index contributed by atoms with van der Waals surface area (Å²) < 4.78 is 29.0. The van der Waals surface area contributed by atoms with Crippen LogP contribution in [0, 0.1) is 11.8 Å². The Kier molecular flexibility index (Phi) is 12.8. The van der Waals surface area contributed by atoms with Crippen LogP contribution in [0.1, 0.15) is 46.5 Å². The lowest BCUT2D eigenvalue weighted by molar-refractivity contribution is -0.0972. The second-order valence-corrected chi connectivity index (χ2v) is 15.0. The summed E-state index contributed by atoms with van der Waals surface area (Å²) in [7, 11) is 5.45. The van der Waals surface area contributed by atoms with Crippen molar-refractivity contribution in [1.29, 1.82) is 0 Å². The summed E-state index contributed by atoms with van der Waals surface area (Å²) in [5.41, 5.74) is 0. The predicted molar refractivity (Wildman–Crippen MR) is 129 cm³/mol.